The summed E-state index contributed by atoms with van der Waals surface area (Å²) >= 11 is 0. The molecule has 4 rings (SSSR count). The number of benzene rings is 1. The number of aromatic nitrogens is 2. The van der Waals surface area contributed by atoms with Gasteiger partial charge in [-0.1, -0.05) is 0 Å². The van der Waals surface area contributed by atoms with Gasteiger partial charge in [0.2, 0.25) is 27.7 Å². The van der Waals surface area contributed by atoms with E-state index in [1.165, 1.54) is 4.31 Å². The molecule has 2 aromatic rings. The molecule has 0 saturated carbocycles. The fraction of sp³-hybridized carbons (Fsp3) is 0.471. The van der Waals surface area contributed by atoms with E-state index in [0.717, 1.165) is 12.1 Å². The SMILES string of the molecule is Cc1nnc(CCN2CCN(S(=O)(=O)c3ccc4c(c3)CC(=O)N4)CC2)o1. The Morgan fingerprint density at radius 2 is 1.96 bits per heavy atom. The van der Waals surface area contributed by atoms with E-state index in [2.05, 4.69) is 20.4 Å². The predicted octanol–water partition coefficient (Wildman–Crippen LogP) is 0.422. The van der Waals surface area contributed by atoms with Gasteiger partial charge in [0.05, 0.1) is 11.3 Å². The first-order chi connectivity index (χ1) is 12.9. The molecule has 9 nitrogen and oxygen atoms in total. The lowest BCUT2D eigenvalue weighted by atomic mass is 10.2. The van der Waals surface area contributed by atoms with Crippen molar-refractivity contribution in [3.05, 3.63) is 35.5 Å². The summed E-state index contributed by atoms with van der Waals surface area (Å²) in [5.41, 5.74) is 1.43. The molecule has 2 aliphatic heterocycles. The van der Waals surface area contributed by atoms with Crippen molar-refractivity contribution in [2.75, 3.05) is 38.0 Å². The Bertz CT molecular complexity index is 963. The first-order valence-corrected chi connectivity index (χ1v) is 10.3. The third-order valence-electron chi connectivity index (χ3n) is 4.88. The summed E-state index contributed by atoms with van der Waals surface area (Å²) in [6.07, 6.45) is 0.876. The number of piperazine rings is 1. The molecule has 1 amide bonds. The van der Waals surface area contributed by atoms with Gasteiger partial charge in [0.1, 0.15) is 0 Å². The molecule has 1 aromatic carbocycles. The van der Waals surface area contributed by atoms with Crippen molar-refractivity contribution in [3.8, 4) is 0 Å². The van der Waals surface area contributed by atoms with Crippen molar-refractivity contribution < 1.29 is 17.6 Å². The molecule has 0 unspecified atom stereocenters. The van der Waals surface area contributed by atoms with Crippen LogP contribution in [-0.4, -0.2) is 66.5 Å². The Hall–Kier alpha value is -2.30. The van der Waals surface area contributed by atoms with Crippen LogP contribution in [0.15, 0.2) is 27.5 Å². The molecule has 0 aliphatic carbocycles. The molecule has 1 N–H and O–H groups in total. The minimum Gasteiger partial charge on any atom is -0.426 e. The van der Waals surface area contributed by atoms with Gasteiger partial charge in [-0.3, -0.25) is 4.79 Å². The van der Waals surface area contributed by atoms with Crippen LogP contribution in [0, 0.1) is 6.92 Å². The Balaban J connectivity index is 1.37. The maximum Gasteiger partial charge on any atom is 0.243 e. The molecular formula is C17H21N5O4S. The van der Waals surface area contributed by atoms with Gasteiger partial charge in [-0.2, -0.15) is 4.31 Å². The van der Waals surface area contributed by atoms with E-state index in [1.807, 2.05) is 0 Å². The minimum absolute atomic E-state index is 0.107. The second-order valence-electron chi connectivity index (χ2n) is 6.75. The molecule has 144 valence electrons. The van der Waals surface area contributed by atoms with E-state index in [-0.39, 0.29) is 17.2 Å². The first-order valence-electron chi connectivity index (χ1n) is 8.86. The number of anilines is 1. The lowest BCUT2D eigenvalue weighted by Gasteiger charge is -2.33. The number of carbonyl (C=O) groups excluding carboxylic acids is 1. The Kier molecular flexibility index (Phi) is 4.70. The fourth-order valence-corrected chi connectivity index (χ4v) is 4.87. The normalized spacial score (nSPS) is 18.5. The summed E-state index contributed by atoms with van der Waals surface area (Å²) in [6.45, 7) is 4.67. The third kappa shape index (κ3) is 3.73. The van der Waals surface area contributed by atoms with Crippen molar-refractivity contribution in [3.63, 3.8) is 0 Å². The molecule has 0 spiro atoms. The molecule has 1 saturated heterocycles. The molecule has 0 atom stereocenters. The number of carbonyl (C=O) groups is 1. The summed E-state index contributed by atoms with van der Waals surface area (Å²) in [4.78, 5) is 13.9. The number of hydrogen-bond donors (Lipinski definition) is 1. The van der Waals surface area contributed by atoms with Gasteiger partial charge in [-0.25, -0.2) is 8.42 Å². The molecule has 1 aromatic heterocycles. The van der Waals surface area contributed by atoms with Crippen LogP contribution in [0.4, 0.5) is 5.69 Å². The van der Waals surface area contributed by atoms with E-state index in [1.54, 1.807) is 25.1 Å². The Morgan fingerprint density at radius 1 is 1.19 bits per heavy atom. The second-order valence-corrected chi connectivity index (χ2v) is 8.69. The van der Waals surface area contributed by atoms with Gasteiger partial charge >= 0.3 is 0 Å². The van der Waals surface area contributed by atoms with E-state index in [0.29, 0.717) is 50.1 Å². The zero-order valence-electron chi connectivity index (χ0n) is 15.0. The first kappa shape index (κ1) is 18.1. The zero-order chi connectivity index (χ0) is 19.0. The summed E-state index contributed by atoms with van der Waals surface area (Å²) < 4.78 is 32.7. The molecule has 10 heteroatoms. The standard InChI is InChI=1S/C17H21N5O4S/c1-12-19-20-17(26-12)4-5-21-6-8-22(9-7-21)27(24,25)14-2-3-15-13(10-14)11-16(23)18-15/h2-3,10H,4-9,11H2,1H3,(H,18,23). The van der Waals surface area contributed by atoms with Crippen LogP contribution in [-0.2, 0) is 27.7 Å². The highest BCUT2D eigenvalue weighted by Crippen LogP contribution is 2.27. The number of rotatable bonds is 5. The highest BCUT2D eigenvalue weighted by atomic mass is 32.2. The second kappa shape index (κ2) is 7.02. The van der Waals surface area contributed by atoms with Crippen molar-refractivity contribution in [1.82, 2.24) is 19.4 Å². The maximum absolute atomic E-state index is 12.9. The Morgan fingerprint density at radius 3 is 2.67 bits per heavy atom. The number of sulfonamides is 1. The number of hydrogen-bond acceptors (Lipinski definition) is 7. The van der Waals surface area contributed by atoms with Crippen molar-refractivity contribution in [2.24, 2.45) is 0 Å². The highest BCUT2D eigenvalue weighted by Gasteiger charge is 2.30. The van der Waals surface area contributed by atoms with Crippen molar-refractivity contribution >= 4 is 21.6 Å². The van der Waals surface area contributed by atoms with Gasteiger partial charge in [-0.15, -0.1) is 10.2 Å². The minimum atomic E-state index is -3.56. The van der Waals surface area contributed by atoms with E-state index in [4.69, 9.17) is 4.42 Å². The molecule has 2 aliphatic rings. The largest absolute Gasteiger partial charge is 0.426 e. The molecule has 3 heterocycles. The fourth-order valence-electron chi connectivity index (χ4n) is 3.40. The van der Waals surface area contributed by atoms with Gasteiger partial charge in [0.15, 0.2) is 0 Å². The van der Waals surface area contributed by atoms with Gasteiger partial charge in [-0.05, 0) is 23.8 Å². The number of aryl methyl sites for hydroxylation is 1. The van der Waals surface area contributed by atoms with Gasteiger partial charge < -0.3 is 14.6 Å². The van der Waals surface area contributed by atoms with E-state index >= 15 is 0 Å². The van der Waals surface area contributed by atoms with Crippen LogP contribution < -0.4 is 5.32 Å². The average Bonchev–Trinajstić information content (AvgIpc) is 3.23. The van der Waals surface area contributed by atoms with E-state index in [9.17, 15) is 13.2 Å². The summed E-state index contributed by atoms with van der Waals surface area (Å²) in [5, 5.41) is 10.5. The van der Waals surface area contributed by atoms with E-state index < -0.39 is 10.0 Å². The zero-order valence-corrected chi connectivity index (χ0v) is 15.8. The Labute approximate surface area is 157 Å². The van der Waals surface area contributed by atoms with Crippen LogP contribution in [0.25, 0.3) is 0 Å². The van der Waals surface area contributed by atoms with Crippen LogP contribution in [0.2, 0.25) is 0 Å². The molecule has 1 fully saturated rings. The molecule has 27 heavy (non-hydrogen) atoms. The number of nitrogens with zero attached hydrogens (tertiary/aromatic N) is 4. The molecule has 0 bridgehead atoms. The number of fused-ring (bicyclic) bond motifs is 1. The quantitative estimate of drug-likeness (QED) is 0.787. The lowest BCUT2D eigenvalue weighted by Crippen LogP contribution is -2.49. The van der Waals surface area contributed by atoms with Crippen LogP contribution >= 0.6 is 0 Å². The highest BCUT2D eigenvalue weighted by molar-refractivity contribution is 7.89. The smallest absolute Gasteiger partial charge is 0.243 e. The monoisotopic (exact) mass is 391 g/mol. The van der Waals surface area contributed by atoms with Crippen molar-refractivity contribution in [1.29, 1.82) is 0 Å². The lowest BCUT2D eigenvalue weighted by molar-refractivity contribution is -0.115. The molecule has 0 radical (unpaired) electrons. The van der Waals surface area contributed by atoms with Crippen LogP contribution in [0.3, 0.4) is 0 Å². The summed E-state index contributed by atoms with van der Waals surface area (Å²) in [6, 6.07) is 4.83. The molecular weight excluding hydrogens is 370 g/mol. The topological polar surface area (TPSA) is 109 Å². The van der Waals surface area contributed by atoms with Crippen LogP contribution in [0.5, 0.6) is 0 Å². The average molecular weight is 391 g/mol. The van der Waals surface area contributed by atoms with Crippen molar-refractivity contribution in [2.45, 2.75) is 24.7 Å². The summed E-state index contributed by atoms with van der Waals surface area (Å²) in [7, 11) is -3.56. The number of amides is 1. The van der Waals surface area contributed by atoms with Gasteiger partial charge in [0, 0.05) is 51.8 Å². The van der Waals surface area contributed by atoms with Gasteiger partial charge in [0.25, 0.3) is 0 Å². The maximum atomic E-state index is 12.9. The predicted molar refractivity (Wildman–Crippen MR) is 96.7 cm³/mol. The van der Waals surface area contributed by atoms with Crippen LogP contribution in [0.1, 0.15) is 17.3 Å². The number of nitrogens with one attached hydrogen (secondary N) is 1. The third-order valence-corrected chi connectivity index (χ3v) is 6.78. The summed E-state index contributed by atoms with van der Waals surface area (Å²) in [5.74, 6) is 1.04.